The lowest BCUT2D eigenvalue weighted by atomic mass is 10.1. The average Bonchev–Trinajstić information content (AvgIpc) is 2.66. The van der Waals surface area contributed by atoms with Crippen LogP contribution in [-0.2, 0) is 13.1 Å². The lowest BCUT2D eigenvalue weighted by Gasteiger charge is -2.20. The second-order valence-corrected chi connectivity index (χ2v) is 5.86. The predicted octanol–water partition coefficient (Wildman–Crippen LogP) is 2.13. The summed E-state index contributed by atoms with van der Waals surface area (Å²) in [7, 11) is 0. The first-order valence-corrected chi connectivity index (χ1v) is 7.99. The standard InChI is InChI=1S/C14H23N3S/c1-2-15-11-13-5-3-6-16-14(13)12-17-7-4-9-18-10-8-17/h3,5-6,15H,2,4,7-12H2,1H3. The van der Waals surface area contributed by atoms with Crippen LogP contribution in [0.2, 0.25) is 0 Å². The highest BCUT2D eigenvalue weighted by Gasteiger charge is 2.12. The predicted molar refractivity (Wildman–Crippen MR) is 78.8 cm³/mol. The fraction of sp³-hybridized carbons (Fsp3) is 0.643. The lowest BCUT2D eigenvalue weighted by molar-refractivity contribution is 0.283. The molecule has 0 bridgehead atoms. The van der Waals surface area contributed by atoms with E-state index >= 15 is 0 Å². The molecule has 3 nitrogen and oxygen atoms in total. The van der Waals surface area contributed by atoms with E-state index in [9.17, 15) is 0 Å². The van der Waals surface area contributed by atoms with Crippen molar-refractivity contribution in [2.45, 2.75) is 26.4 Å². The van der Waals surface area contributed by atoms with Gasteiger partial charge in [0.2, 0.25) is 0 Å². The molecule has 4 heteroatoms. The third-order valence-electron chi connectivity index (χ3n) is 3.24. The van der Waals surface area contributed by atoms with Gasteiger partial charge in [0, 0.05) is 31.6 Å². The number of nitrogens with one attached hydrogen (secondary N) is 1. The summed E-state index contributed by atoms with van der Waals surface area (Å²) in [6.07, 6.45) is 3.22. The summed E-state index contributed by atoms with van der Waals surface area (Å²) in [6.45, 7) is 7.49. The van der Waals surface area contributed by atoms with Crippen molar-refractivity contribution >= 4 is 11.8 Å². The normalized spacial score (nSPS) is 17.6. The van der Waals surface area contributed by atoms with E-state index in [1.54, 1.807) is 0 Å². The summed E-state index contributed by atoms with van der Waals surface area (Å²) in [5, 5.41) is 3.39. The van der Waals surface area contributed by atoms with Crippen molar-refractivity contribution in [3.63, 3.8) is 0 Å². The number of hydrogen-bond donors (Lipinski definition) is 1. The molecule has 0 spiro atoms. The molecule has 1 aromatic rings. The van der Waals surface area contributed by atoms with Crippen LogP contribution in [0.3, 0.4) is 0 Å². The molecule has 1 aromatic heterocycles. The summed E-state index contributed by atoms with van der Waals surface area (Å²) in [6, 6.07) is 4.23. The van der Waals surface area contributed by atoms with Gasteiger partial charge in [0.05, 0.1) is 5.69 Å². The van der Waals surface area contributed by atoms with Gasteiger partial charge in [-0.3, -0.25) is 9.88 Å². The number of rotatable bonds is 5. The van der Waals surface area contributed by atoms with Crippen molar-refractivity contribution in [2.75, 3.05) is 31.1 Å². The van der Waals surface area contributed by atoms with Crippen molar-refractivity contribution < 1.29 is 0 Å². The van der Waals surface area contributed by atoms with E-state index in [1.807, 2.05) is 12.3 Å². The van der Waals surface area contributed by atoms with Crippen LogP contribution >= 0.6 is 11.8 Å². The maximum absolute atomic E-state index is 4.57. The average molecular weight is 265 g/mol. The Hall–Kier alpha value is -0.580. The number of thioether (sulfide) groups is 1. The van der Waals surface area contributed by atoms with Crippen LogP contribution in [0, 0.1) is 0 Å². The molecule has 0 aliphatic carbocycles. The highest BCUT2D eigenvalue weighted by molar-refractivity contribution is 7.99. The SMILES string of the molecule is CCNCc1cccnc1CN1CCCSCC1. The zero-order valence-electron chi connectivity index (χ0n) is 11.2. The van der Waals surface area contributed by atoms with Gasteiger partial charge in [-0.2, -0.15) is 11.8 Å². The molecule has 0 amide bonds. The van der Waals surface area contributed by atoms with E-state index in [0.29, 0.717) is 0 Å². The van der Waals surface area contributed by atoms with Gasteiger partial charge in [-0.25, -0.2) is 0 Å². The molecule has 1 aliphatic heterocycles. The quantitative estimate of drug-likeness (QED) is 0.883. The van der Waals surface area contributed by atoms with Crippen molar-refractivity contribution in [3.8, 4) is 0 Å². The van der Waals surface area contributed by atoms with E-state index in [-0.39, 0.29) is 0 Å². The van der Waals surface area contributed by atoms with E-state index in [2.05, 4.69) is 40.0 Å². The third kappa shape index (κ3) is 4.26. The van der Waals surface area contributed by atoms with Gasteiger partial charge in [-0.1, -0.05) is 13.0 Å². The Morgan fingerprint density at radius 3 is 3.22 bits per heavy atom. The zero-order valence-corrected chi connectivity index (χ0v) is 12.0. The summed E-state index contributed by atoms with van der Waals surface area (Å²) in [5.41, 5.74) is 2.58. The molecular weight excluding hydrogens is 242 g/mol. The number of nitrogens with zero attached hydrogens (tertiary/aromatic N) is 2. The summed E-state index contributed by atoms with van der Waals surface area (Å²) < 4.78 is 0. The summed E-state index contributed by atoms with van der Waals surface area (Å²) in [5.74, 6) is 2.57. The minimum absolute atomic E-state index is 0.933. The van der Waals surface area contributed by atoms with Gasteiger partial charge >= 0.3 is 0 Å². The molecule has 0 atom stereocenters. The van der Waals surface area contributed by atoms with Crippen LogP contribution in [0.15, 0.2) is 18.3 Å². The first kappa shape index (κ1) is 13.8. The molecule has 1 fully saturated rings. The Labute approximate surface area is 114 Å². The highest BCUT2D eigenvalue weighted by Crippen LogP contribution is 2.14. The van der Waals surface area contributed by atoms with E-state index in [0.717, 1.165) is 19.6 Å². The third-order valence-corrected chi connectivity index (χ3v) is 4.29. The van der Waals surface area contributed by atoms with Gasteiger partial charge < -0.3 is 5.32 Å². The van der Waals surface area contributed by atoms with Crippen LogP contribution in [0.5, 0.6) is 0 Å². The molecule has 0 aromatic carbocycles. The molecule has 100 valence electrons. The van der Waals surface area contributed by atoms with Gasteiger partial charge in [0.25, 0.3) is 0 Å². The van der Waals surface area contributed by atoms with Crippen molar-refractivity contribution in [1.29, 1.82) is 0 Å². The second kappa shape index (κ2) is 7.77. The molecule has 0 unspecified atom stereocenters. The Balaban J connectivity index is 1.98. The molecular formula is C14H23N3S. The fourth-order valence-corrected chi connectivity index (χ4v) is 3.13. The molecule has 1 saturated heterocycles. The number of aromatic nitrogens is 1. The van der Waals surface area contributed by atoms with Crippen molar-refractivity contribution in [1.82, 2.24) is 15.2 Å². The number of hydrogen-bond acceptors (Lipinski definition) is 4. The maximum Gasteiger partial charge on any atom is 0.0588 e. The summed E-state index contributed by atoms with van der Waals surface area (Å²) >= 11 is 2.07. The molecule has 2 rings (SSSR count). The molecule has 0 saturated carbocycles. The Bertz CT molecular complexity index is 349. The Morgan fingerprint density at radius 2 is 2.33 bits per heavy atom. The highest BCUT2D eigenvalue weighted by atomic mass is 32.2. The minimum atomic E-state index is 0.933. The number of pyridine rings is 1. The molecule has 0 radical (unpaired) electrons. The van der Waals surface area contributed by atoms with E-state index in [4.69, 9.17) is 0 Å². The topological polar surface area (TPSA) is 28.2 Å². The minimum Gasteiger partial charge on any atom is -0.313 e. The first-order chi connectivity index (χ1) is 8.90. The monoisotopic (exact) mass is 265 g/mol. The van der Waals surface area contributed by atoms with Gasteiger partial charge in [0.15, 0.2) is 0 Å². The van der Waals surface area contributed by atoms with Crippen LogP contribution in [0.25, 0.3) is 0 Å². The van der Waals surface area contributed by atoms with Crippen LogP contribution in [0.1, 0.15) is 24.6 Å². The molecule has 2 heterocycles. The van der Waals surface area contributed by atoms with Gasteiger partial charge in [-0.15, -0.1) is 0 Å². The fourth-order valence-electron chi connectivity index (χ4n) is 2.20. The van der Waals surface area contributed by atoms with Crippen LogP contribution < -0.4 is 5.32 Å². The summed E-state index contributed by atoms with van der Waals surface area (Å²) in [4.78, 5) is 7.11. The van der Waals surface area contributed by atoms with Crippen molar-refractivity contribution in [3.05, 3.63) is 29.6 Å². The second-order valence-electron chi connectivity index (χ2n) is 4.63. The van der Waals surface area contributed by atoms with Gasteiger partial charge in [0.1, 0.15) is 0 Å². The molecule has 1 N–H and O–H groups in total. The first-order valence-electron chi connectivity index (χ1n) is 6.83. The van der Waals surface area contributed by atoms with Crippen LogP contribution in [0.4, 0.5) is 0 Å². The lowest BCUT2D eigenvalue weighted by Crippen LogP contribution is -2.27. The Kier molecular flexibility index (Phi) is 5.97. The largest absolute Gasteiger partial charge is 0.313 e. The van der Waals surface area contributed by atoms with E-state index in [1.165, 1.54) is 42.3 Å². The zero-order chi connectivity index (χ0) is 12.6. The smallest absolute Gasteiger partial charge is 0.0588 e. The molecule has 1 aliphatic rings. The van der Waals surface area contributed by atoms with Crippen molar-refractivity contribution in [2.24, 2.45) is 0 Å². The maximum atomic E-state index is 4.57. The molecule has 18 heavy (non-hydrogen) atoms. The van der Waals surface area contributed by atoms with Gasteiger partial charge in [-0.05, 0) is 36.9 Å². The van der Waals surface area contributed by atoms with E-state index < -0.39 is 0 Å². The van der Waals surface area contributed by atoms with Crippen LogP contribution in [-0.4, -0.2) is 41.0 Å². The Morgan fingerprint density at radius 1 is 1.39 bits per heavy atom.